The molecule has 1 heterocycles. The van der Waals surface area contributed by atoms with E-state index in [0.717, 1.165) is 28.5 Å². The first-order valence-electron chi connectivity index (χ1n) is 6.57. The Labute approximate surface area is 129 Å². The van der Waals surface area contributed by atoms with E-state index in [1.165, 1.54) is 12.1 Å². The van der Waals surface area contributed by atoms with Crippen molar-refractivity contribution in [2.45, 2.75) is 26.4 Å². The predicted octanol–water partition coefficient (Wildman–Crippen LogP) is 4.01. The van der Waals surface area contributed by atoms with Crippen LogP contribution in [0.15, 0.2) is 24.3 Å². The predicted molar refractivity (Wildman–Crippen MR) is 77.8 cm³/mol. The van der Waals surface area contributed by atoms with Crippen LogP contribution in [0.5, 0.6) is 0 Å². The molecule has 0 saturated heterocycles. The molecule has 0 unspecified atom stereocenters. The Balaban J connectivity index is 2.18. The summed E-state index contributed by atoms with van der Waals surface area (Å²) >= 11 is 1.16. The van der Waals surface area contributed by atoms with Crippen molar-refractivity contribution < 1.29 is 18.0 Å². The fourth-order valence-electron chi connectivity index (χ4n) is 1.83. The van der Waals surface area contributed by atoms with Crippen LogP contribution in [0.1, 0.15) is 34.8 Å². The molecule has 0 atom stereocenters. The Morgan fingerprint density at radius 2 is 1.95 bits per heavy atom. The van der Waals surface area contributed by atoms with E-state index >= 15 is 0 Å². The molecule has 2 rings (SSSR count). The third-order valence-corrected chi connectivity index (χ3v) is 3.61. The van der Waals surface area contributed by atoms with Gasteiger partial charge in [-0.15, -0.1) is 10.2 Å². The van der Waals surface area contributed by atoms with Crippen molar-refractivity contribution in [1.82, 2.24) is 10.2 Å². The van der Waals surface area contributed by atoms with Gasteiger partial charge in [0, 0.05) is 6.42 Å². The average Bonchev–Trinajstić information content (AvgIpc) is 2.84. The summed E-state index contributed by atoms with van der Waals surface area (Å²) in [5.74, 6) is -0.470. The number of halogens is 3. The molecule has 2 aromatic rings. The van der Waals surface area contributed by atoms with Gasteiger partial charge in [0.05, 0.1) is 11.1 Å². The van der Waals surface area contributed by atoms with Crippen molar-refractivity contribution in [1.29, 1.82) is 0 Å². The highest BCUT2D eigenvalue weighted by Gasteiger charge is 2.35. The maximum atomic E-state index is 12.9. The van der Waals surface area contributed by atoms with Gasteiger partial charge in [-0.1, -0.05) is 37.3 Å². The lowest BCUT2D eigenvalue weighted by molar-refractivity contribution is -0.137. The summed E-state index contributed by atoms with van der Waals surface area (Å²) in [4.78, 5) is 12.0. The quantitative estimate of drug-likeness (QED) is 0.922. The molecule has 0 saturated carbocycles. The van der Waals surface area contributed by atoms with Gasteiger partial charge in [0.1, 0.15) is 5.01 Å². The Bertz CT molecular complexity index is 667. The van der Waals surface area contributed by atoms with Gasteiger partial charge in [-0.25, -0.2) is 0 Å². The minimum absolute atomic E-state index is 0.192. The lowest BCUT2D eigenvalue weighted by Gasteiger charge is -2.11. The van der Waals surface area contributed by atoms with E-state index < -0.39 is 23.2 Å². The molecule has 0 spiro atoms. The summed E-state index contributed by atoms with van der Waals surface area (Å²) in [6, 6.07) is 4.63. The van der Waals surface area contributed by atoms with Gasteiger partial charge < -0.3 is 0 Å². The number of hydrogen-bond donors (Lipinski definition) is 1. The van der Waals surface area contributed by atoms with E-state index in [1.54, 1.807) is 0 Å². The number of nitrogens with one attached hydrogen (secondary N) is 1. The van der Waals surface area contributed by atoms with Crippen molar-refractivity contribution >= 4 is 22.4 Å². The molecule has 1 aromatic carbocycles. The number of aromatic nitrogens is 2. The van der Waals surface area contributed by atoms with Gasteiger partial charge in [-0.05, 0) is 18.1 Å². The van der Waals surface area contributed by atoms with Crippen molar-refractivity contribution in [3.05, 3.63) is 40.4 Å². The van der Waals surface area contributed by atoms with Gasteiger partial charge in [-0.2, -0.15) is 13.2 Å². The van der Waals surface area contributed by atoms with Crippen LogP contribution in [-0.2, 0) is 12.6 Å². The van der Waals surface area contributed by atoms with E-state index in [0.29, 0.717) is 12.3 Å². The highest BCUT2D eigenvalue weighted by Crippen LogP contribution is 2.32. The molecule has 118 valence electrons. The summed E-state index contributed by atoms with van der Waals surface area (Å²) in [5, 5.41) is 11.0. The molecular weight excluding hydrogens is 315 g/mol. The number of carbonyl (C=O) groups is 1. The summed E-state index contributed by atoms with van der Waals surface area (Å²) in [5.41, 5.74) is -1.41. The fourth-order valence-corrected chi connectivity index (χ4v) is 2.78. The summed E-state index contributed by atoms with van der Waals surface area (Å²) in [6.45, 7) is 4.03. The van der Waals surface area contributed by atoms with Crippen LogP contribution in [0, 0.1) is 5.92 Å². The first-order chi connectivity index (χ1) is 10.3. The zero-order valence-corrected chi connectivity index (χ0v) is 12.8. The third kappa shape index (κ3) is 4.03. The largest absolute Gasteiger partial charge is 0.417 e. The Morgan fingerprint density at radius 3 is 2.59 bits per heavy atom. The molecule has 0 bridgehead atoms. The molecule has 0 aliphatic rings. The van der Waals surface area contributed by atoms with Crippen molar-refractivity contribution in [2.75, 3.05) is 5.32 Å². The van der Waals surface area contributed by atoms with Crippen LogP contribution >= 0.6 is 11.3 Å². The molecule has 4 nitrogen and oxygen atoms in total. The number of hydrogen-bond acceptors (Lipinski definition) is 4. The fraction of sp³-hybridized carbons (Fsp3) is 0.357. The van der Waals surface area contributed by atoms with Crippen molar-refractivity contribution in [2.24, 2.45) is 5.92 Å². The lowest BCUT2D eigenvalue weighted by Crippen LogP contribution is -2.18. The minimum Gasteiger partial charge on any atom is -0.296 e. The maximum Gasteiger partial charge on any atom is 0.417 e. The summed E-state index contributed by atoms with van der Waals surface area (Å²) < 4.78 is 38.7. The van der Waals surface area contributed by atoms with E-state index in [4.69, 9.17) is 0 Å². The molecule has 0 fully saturated rings. The Morgan fingerprint density at radius 1 is 1.27 bits per heavy atom. The molecular formula is C14H14F3N3OS. The second-order valence-electron chi connectivity index (χ2n) is 5.10. The monoisotopic (exact) mass is 329 g/mol. The zero-order valence-electron chi connectivity index (χ0n) is 11.9. The summed E-state index contributed by atoms with van der Waals surface area (Å²) in [6.07, 6.45) is -3.88. The topological polar surface area (TPSA) is 54.9 Å². The molecule has 1 aromatic heterocycles. The summed E-state index contributed by atoms with van der Waals surface area (Å²) in [7, 11) is 0. The molecule has 8 heteroatoms. The molecule has 0 aliphatic carbocycles. The number of nitrogens with zero attached hydrogens (tertiary/aromatic N) is 2. The van der Waals surface area contributed by atoms with E-state index in [9.17, 15) is 18.0 Å². The van der Waals surface area contributed by atoms with E-state index in [1.807, 2.05) is 13.8 Å². The van der Waals surface area contributed by atoms with Gasteiger partial charge in [0.25, 0.3) is 5.91 Å². The van der Waals surface area contributed by atoms with Crippen LogP contribution in [0.3, 0.4) is 0 Å². The molecule has 22 heavy (non-hydrogen) atoms. The lowest BCUT2D eigenvalue weighted by atomic mass is 10.1. The Kier molecular flexibility index (Phi) is 4.80. The number of benzene rings is 1. The van der Waals surface area contributed by atoms with Crippen LogP contribution in [0.2, 0.25) is 0 Å². The van der Waals surface area contributed by atoms with E-state index in [-0.39, 0.29) is 5.13 Å². The number of alkyl halides is 3. The van der Waals surface area contributed by atoms with Crippen molar-refractivity contribution in [3.63, 3.8) is 0 Å². The highest BCUT2D eigenvalue weighted by atomic mass is 32.1. The molecule has 1 amide bonds. The van der Waals surface area contributed by atoms with E-state index in [2.05, 4.69) is 15.5 Å². The van der Waals surface area contributed by atoms with Gasteiger partial charge in [0.15, 0.2) is 0 Å². The van der Waals surface area contributed by atoms with Crippen LogP contribution < -0.4 is 5.32 Å². The first kappa shape index (κ1) is 16.4. The van der Waals surface area contributed by atoms with Crippen LogP contribution in [-0.4, -0.2) is 16.1 Å². The standard InChI is InChI=1S/C14H14F3N3OS/c1-8(2)7-11-19-20-13(22-11)18-12(21)9-5-3-4-6-10(9)14(15,16)17/h3-6,8H,7H2,1-2H3,(H,18,20,21). The normalized spacial score (nSPS) is 11.7. The first-order valence-corrected chi connectivity index (χ1v) is 7.39. The highest BCUT2D eigenvalue weighted by molar-refractivity contribution is 7.15. The number of amides is 1. The van der Waals surface area contributed by atoms with Gasteiger partial charge in [-0.3, -0.25) is 10.1 Å². The number of carbonyl (C=O) groups excluding carboxylic acids is 1. The maximum absolute atomic E-state index is 12.9. The number of anilines is 1. The number of rotatable bonds is 4. The van der Waals surface area contributed by atoms with Gasteiger partial charge in [0.2, 0.25) is 5.13 Å². The zero-order chi connectivity index (χ0) is 16.3. The molecule has 0 aliphatic heterocycles. The minimum atomic E-state index is -4.59. The van der Waals surface area contributed by atoms with Gasteiger partial charge >= 0.3 is 6.18 Å². The average molecular weight is 329 g/mol. The van der Waals surface area contributed by atoms with Crippen LogP contribution in [0.4, 0.5) is 18.3 Å². The second kappa shape index (κ2) is 6.43. The van der Waals surface area contributed by atoms with Crippen LogP contribution in [0.25, 0.3) is 0 Å². The third-order valence-electron chi connectivity index (χ3n) is 2.75. The SMILES string of the molecule is CC(C)Cc1nnc(NC(=O)c2ccccc2C(F)(F)F)s1. The second-order valence-corrected chi connectivity index (χ2v) is 6.16. The molecule has 0 radical (unpaired) electrons. The Hall–Kier alpha value is -1.96. The van der Waals surface area contributed by atoms with Crippen molar-refractivity contribution in [3.8, 4) is 0 Å². The smallest absolute Gasteiger partial charge is 0.296 e. The molecule has 1 N–H and O–H groups in total.